The fourth-order valence-electron chi connectivity index (χ4n) is 2.43. The molecule has 0 radical (unpaired) electrons. The summed E-state index contributed by atoms with van der Waals surface area (Å²) in [6, 6.07) is 7.22. The van der Waals surface area contributed by atoms with Crippen LogP contribution in [0, 0.1) is 0 Å². The van der Waals surface area contributed by atoms with E-state index in [1.807, 2.05) is 18.2 Å². The van der Waals surface area contributed by atoms with Crippen LogP contribution in [0.4, 0.5) is 5.13 Å². The number of hydrogen-bond donors (Lipinski definition) is 1. The third kappa shape index (κ3) is 4.46. The van der Waals surface area contributed by atoms with Crippen LogP contribution in [0.25, 0.3) is 6.08 Å². The summed E-state index contributed by atoms with van der Waals surface area (Å²) in [5, 5.41) is 3.75. The molecule has 0 atom stereocenters. The second-order valence-electron chi connectivity index (χ2n) is 5.58. The Morgan fingerprint density at radius 3 is 2.88 bits per heavy atom. The first-order valence-corrected chi connectivity index (χ1v) is 10.5. The highest BCUT2D eigenvalue weighted by atomic mass is 35.5. The molecule has 0 bridgehead atoms. The van der Waals surface area contributed by atoms with Crippen LogP contribution < -0.4 is 5.32 Å². The number of aromatic nitrogens is 1. The highest BCUT2D eigenvalue weighted by Gasteiger charge is 2.26. The largest absolute Gasteiger partial charge is 0.298 e. The molecule has 1 aromatic carbocycles. The number of carbonyl (C=O) groups is 1. The number of amides is 1. The molecule has 0 unspecified atom stereocenters. The molecule has 3 rings (SSSR count). The lowest BCUT2D eigenvalue weighted by Gasteiger charge is -2.23. The molecule has 1 N–H and O–H groups in total. The van der Waals surface area contributed by atoms with Gasteiger partial charge >= 0.3 is 0 Å². The molecule has 1 aliphatic heterocycles. The van der Waals surface area contributed by atoms with Gasteiger partial charge in [-0.25, -0.2) is 13.4 Å². The molecule has 0 saturated heterocycles. The summed E-state index contributed by atoms with van der Waals surface area (Å²) in [4.78, 5) is 17.3. The lowest BCUT2D eigenvalue weighted by molar-refractivity contribution is -0.111. The molecule has 25 heavy (non-hydrogen) atoms. The van der Waals surface area contributed by atoms with Crippen LogP contribution in [0.2, 0.25) is 5.02 Å². The molecule has 1 amide bonds. The normalized spacial score (nSPS) is 15.3. The van der Waals surface area contributed by atoms with Crippen molar-refractivity contribution in [3.05, 3.63) is 51.5 Å². The molecule has 2 heterocycles. The van der Waals surface area contributed by atoms with Gasteiger partial charge in [0.15, 0.2) is 5.13 Å². The van der Waals surface area contributed by atoms with Crippen LogP contribution >= 0.6 is 22.9 Å². The molecule has 9 heteroatoms. The Balaban J connectivity index is 1.68. The number of rotatable bonds is 4. The van der Waals surface area contributed by atoms with Gasteiger partial charge in [0, 0.05) is 35.5 Å². The minimum absolute atomic E-state index is 0.303. The van der Waals surface area contributed by atoms with Crippen LogP contribution in [0.3, 0.4) is 0 Å². The number of nitrogens with one attached hydrogen (secondary N) is 1. The standard InChI is InChI=1S/C16H16ClN3O3S2/c1-25(22,23)20-9-8-13-14(10-20)24-16(18-13)19-15(21)7-6-11-4-2-3-5-12(11)17/h2-7H,8-10H2,1H3,(H,18,19,21). The first kappa shape index (κ1) is 18.1. The number of halogens is 1. The van der Waals surface area contributed by atoms with Gasteiger partial charge in [-0.1, -0.05) is 29.8 Å². The Kier molecular flexibility index (Phi) is 5.24. The van der Waals surface area contributed by atoms with Gasteiger partial charge in [0.05, 0.1) is 11.9 Å². The van der Waals surface area contributed by atoms with E-state index < -0.39 is 10.0 Å². The highest BCUT2D eigenvalue weighted by molar-refractivity contribution is 7.88. The fraction of sp³-hybridized carbons (Fsp3) is 0.250. The number of carbonyl (C=O) groups excluding carboxylic acids is 1. The SMILES string of the molecule is CS(=O)(=O)N1CCc2nc(NC(=O)C=Cc3ccccc3Cl)sc2C1. The Morgan fingerprint density at radius 1 is 1.40 bits per heavy atom. The number of fused-ring (bicyclic) bond motifs is 1. The predicted molar refractivity (Wildman–Crippen MR) is 100 cm³/mol. The number of nitrogens with zero attached hydrogens (tertiary/aromatic N) is 2. The zero-order chi connectivity index (χ0) is 18.0. The zero-order valence-corrected chi connectivity index (χ0v) is 15.8. The van der Waals surface area contributed by atoms with Crippen molar-refractivity contribution >= 4 is 50.1 Å². The van der Waals surface area contributed by atoms with Crippen LogP contribution in [-0.4, -0.2) is 36.4 Å². The van der Waals surface area contributed by atoms with Crippen LogP contribution in [0.1, 0.15) is 16.1 Å². The second kappa shape index (κ2) is 7.25. The van der Waals surface area contributed by atoms with E-state index in [0.29, 0.717) is 29.7 Å². The molecule has 132 valence electrons. The number of thiazole rings is 1. The molecule has 1 aromatic heterocycles. The first-order chi connectivity index (χ1) is 11.8. The van der Waals surface area contributed by atoms with Crippen LogP contribution in [-0.2, 0) is 27.8 Å². The summed E-state index contributed by atoms with van der Waals surface area (Å²) in [6.45, 7) is 0.715. The molecular weight excluding hydrogens is 382 g/mol. The van der Waals surface area contributed by atoms with Crippen molar-refractivity contribution in [2.24, 2.45) is 0 Å². The second-order valence-corrected chi connectivity index (χ2v) is 9.05. The third-order valence-electron chi connectivity index (χ3n) is 3.71. The van der Waals surface area contributed by atoms with Crippen molar-refractivity contribution in [3.8, 4) is 0 Å². The lowest BCUT2D eigenvalue weighted by Crippen LogP contribution is -2.34. The quantitative estimate of drug-likeness (QED) is 0.804. The van der Waals surface area contributed by atoms with Crippen molar-refractivity contribution in [2.45, 2.75) is 13.0 Å². The third-order valence-corrected chi connectivity index (χ3v) is 6.31. The van der Waals surface area contributed by atoms with Crippen molar-refractivity contribution in [1.29, 1.82) is 0 Å². The van der Waals surface area contributed by atoms with Gasteiger partial charge in [0.25, 0.3) is 0 Å². The first-order valence-electron chi connectivity index (χ1n) is 7.50. The van der Waals surface area contributed by atoms with E-state index in [1.165, 1.54) is 28.0 Å². The van der Waals surface area contributed by atoms with E-state index in [9.17, 15) is 13.2 Å². The van der Waals surface area contributed by atoms with E-state index in [4.69, 9.17) is 11.6 Å². The molecule has 2 aromatic rings. The van der Waals surface area contributed by atoms with Crippen molar-refractivity contribution in [1.82, 2.24) is 9.29 Å². The van der Waals surface area contributed by atoms with Gasteiger partial charge < -0.3 is 0 Å². The van der Waals surface area contributed by atoms with Gasteiger partial charge in [-0.05, 0) is 17.7 Å². The summed E-state index contributed by atoms with van der Waals surface area (Å²) in [6.07, 6.45) is 4.77. The average Bonchev–Trinajstić information content (AvgIpc) is 2.94. The predicted octanol–water partition coefficient (Wildman–Crippen LogP) is 2.77. The Bertz CT molecular complexity index is 938. The molecule has 0 spiro atoms. The number of benzene rings is 1. The number of anilines is 1. The van der Waals surface area contributed by atoms with Crippen LogP contribution in [0.5, 0.6) is 0 Å². The summed E-state index contributed by atoms with van der Waals surface area (Å²) in [7, 11) is -3.22. The Labute approximate surface area is 155 Å². The molecule has 0 aliphatic carbocycles. The minimum atomic E-state index is -3.22. The minimum Gasteiger partial charge on any atom is -0.298 e. The lowest BCUT2D eigenvalue weighted by atomic mass is 10.2. The van der Waals surface area contributed by atoms with Gasteiger partial charge in [0.1, 0.15) is 0 Å². The maximum atomic E-state index is 12.1. The van der Waals surface area contributed by atoms with Gasteiger partial charge in [-0.2, -0.15) is 4.31 Å². The van der Waals surface area contributed by atoms with Gasteiger partial charge in [-0.15, -0.1) is 11.3 Å². The maximum absolute atomic E-state index is 12.1. The smallest absolute Gasteiger partial charge is 0.250 e. The van der Waals surface area contributed by atoms with E-state index in [-0.39, 0.29) is 5.91 Å². The maximum Gasteiger partial charge on any atom is 0.250 e. The highest BCUT2D eigenvalue weighted by Crippen LogP contribution is 2.29. The van der Waals surface area contributed by atoms with Gasteiger partial charge in [0.2, 0.25) is 15.9 Å². The van der Waals surface area contributed by atoms with Crippen molar-refractivity contribution in [3.63, 3.8) is 0 Å². The monoisotopic (exact) mass is 397 g/mol. The summed E-state index contributed by atoms with van der Waals surface area (Å²) in [5.41, 5.74) is 1.59. The average molecular weight is 398 g/mol. The van der Waals surface area contributed by atoms with E-state index >= 15 is 0 Å². The van der Waals surface area contributed by atoms with E-state index in [0.717, 1.165) is 16.1 Å². The van der Waals surface area contributed by atoms with E-state index in [1.54, 1.807) is 12.1 Å². The van der Waals surface area contributed by atoms with Crippen molar-refractivity contribution in [2.75, 3.05) is 18.1 Å². The molecular formula is C16H16ClN3O3S2. The Morgan fingerprint density at radius 2 is 2.16 bits per heavy atom. The molecule has 6 nitrogen and oxygen atoms in total. The van der Waals surface area contributed by atoms with Gasteiger partial charge in [-0.3, -0.25) is 10.1 Å². The van der Waals surface area contributed by atoms with E-state index in [2.05, 4.69) is 10.3 Å². The summed E-state index contributed by atoms with van der Waals surface area (Å²) in [5.74, 6) is -0.314. The fourth-order valence-corrected chi connectivity index (χ4v) is 4.53. The summed E-state index contributed by atoms with van der Waals surface area (Å²) >= 11 is 7.34. The summed E-state index contributed by atoms with van der Waals surface area (Å²) < 4.78 is 24.7. The molecule has 0 fully saturated rings. The number of hydrogen-bond acceptors (Lipinski definition) is 5. The topological polar surface area (TPSA) is 79.4 Å². The van der Waals surface area contributed by atoms with Crippen LogP contribution in [0.15, 0.2) is 30.3 Å². The Hall–Kier alpha value is -1.74. The van der Waals surface area contributed by atoms with Crippen molar-refractivity contribution < 1.29 is 13.2 Å². The zero-order valence-electron chi connectivity index (χ0n) is 13.4. The number of sulfonamides is 1. The molecule has 1 aliphatic rings. The molecule has 0 saturated carbocycles.